The van der Waals surface area contributed by atoms with Gasteiger partial charge in [0, 0.05) is 12.0 Å². The average Bonchev–Trinajstić information content (AvgIpc) is 2.53. The molecule has 1 aromatic carbocycles. The van der Waals surface area contributed by atoms with Crippen molar-refractivity contribution in [1.82, 2.24) is 0 Å². The molecule has 0 spiro atoms. The highest BCUT2D eigenvalue weighted by molar-refractivity contribution is 5.29. The molecular weight excluding hydrogens is 166 g/mol. The van der Waals surface area contributed by atoms with Crippen LogP contribution in [0.2, 0.25) is 0 Å². The normalized spacial score (nSPS) is 27.8. The molecule has 2 atom stereocenters. The number of aromatic hydroxyl groups is 1. The Morgan fingerprint density at radius 3 is 2.46 bits per heavy atom. The summed E-state index contributed by atoms with van der Waals surface area (Å²) in [7, 11) is 0. The van der Waals surface area contributed by atoms with Crippen molar-refractivity contribution < 1.29 is 9.84 Å². The summed E-state index contributed by atoms with van der Waals surface area (Å²) < 4.78 is 5.27. The zero-order valence-electron chi connectivity index (χ0n) is 7.31. The van der Waals surface area contributed by atoms with Gasteiger partial charge in [-0.1, -0.05) is 12.1 Å². The van der Waals surface area contributed by atoms with Crippen LogP contribution >= 0.6 is 0 Å². The van der Waals surface area contributed by atoms with Gasteiger partial charge in [-0.05, 0) is 17.7 Å². The second-order valence-corrected chi connectivity index (χ2v) is 3.40. The van der Waals surface area contributed by atoms with Crippen LogP contribution in [0.3, 0.4) is 0 Å². The van der Waals surface area contributed by atoms with Crippen molar-refractivity contribution in [3.8, 4) is 5.75 Å². The van der Waals surface area contributed by atoms with Gasteiger partial charge in [0.1, 0.15) is 5.75 Å². The van der Waals surface area contributed by atoms with Crippen LogP contribution in [-0.2, 0) is 4.74 Å². The first-order valence-electron chi connectivity index (χ1n) is 4.39. The monoisotopic (exact) mass is 179 g/mol. The van der Waals surface area contributed by atoms with Gasteiger partial charge in [-0.3, -0.25) is 0 Å². The summed E-state index contributed by atoms with van der Waals surface area (Å²) in [6, 6.07) is 7.24. The molecule has 1 fully saturated rings. The second kappa shape index (κ2) is 3.36. The van der Waals surface area contributed by atoms with Gasteiger partial charge in [0.25, 0.3) is 0 Å². The lowest BCUT2D eigenvalue weighted by molar-refractivity contribution is 0.191. The van der Waals surface area contributed by atoms with Gasteiger partial charge >= 0.3 is 0 Å². The van der Waals surface area contributed by atoms with Gasteiger partial charge in [-0.2, -0.15) is 0 Å². The molecule has 0 radical (unpaired) electrons. The molecule has 3 nitrogen and oxygen atoms in total. The van der Waals surface area contributed by atoms with E-state index in [1.807, 2.05) is 12.1 Å². The van der Waals surface area contributed by atoms with Gasteiger partial charge < -0.3 is 15.6 Å². The molecule has 2 unspecified atom stereocenters. The van der Waals surface area contributed by atoms with E-state index in [-0.39, 0.29) is 17.7 Å². The predicted molar refractivity (Wildman–Crippen MR) is 49.6 cm³/mol. The molecule has 0 aliphatic carbocycles. The van der Waals surface area contributed by atoms with Crippen molar-refractivity contribution in [2.24, 2.45) is 5.73 Å². The first-order chi connectivity index (χ1) is 6.27. The Morgan fingerprint density at radius 2 is 1.92 bits per heavy atom. The first kappa shape index (κ1) is 8.53. The van der Waals surface area contributed by atoms with Gasteiger partial charge in [0.05, 0.1) is 13.2 Å². The maximum Gasteiger partial charge on any atom is 0.115 e. The van der Waals surface area contributed by atoms with Crippen LogP contribution in [0.25, 0.3) is 0 Å². The number of benzene rings is 1. The lowest BCUT2D eigenvalue weighted by Gasteiger charge is -2.12. The van der Waals surface area contributed by atoms with Gasteiger partial charge in [0.2, 0.25) is 0 Å². The van der Waals surface area contributed by atoms with Crippen molar-refractivity contribution in [2.45, 2.75) is 12.0 Å². The third kappa shape index (κ3) is 1.66. The van der Waals surface area contributed by atoms with E-state index in [0.717, 1.165) is 5.56 Å². The number of hydrogen-bond acceptors (Lipinski definition) is 3. The van der Waals surface area contributed by atoms with Gasteiger partial charge in [-0.15, -0.1) is 0 Å². The van der Waals surface area contributed by atoms with Crippen LogP contribution in [0.4, 0.5) is 0 Å². The van der Waals surface area contributed by atoms with E-state index in [9.17, 15) is 0 Å². The predicted octanol–water partition coefficient (Wildman–Crippen LogP) is 0.833. The number of nitrogens with two attached hydrogens (primary N) is 1. The van der Waals surface area contributed by atoms with Gasteiger partial charge in [0.15, 0.2) is 0 Å². The fourth-order valence-corrected chi connectivity index (χ4v) is 1.64. The second-order valence-electron chi connectivity index (χ2n) is 3.40. The number of phenols is 1. The summed E-state index contributed by atoms with van der Waals surface area (Å²) in [4.78, 5) is 0. The lowest BCUT2D eigenvalue weighted by atomic mass is 9.95. The highest BCUT2D eigenvalue weighted by atomic mass is 16.5. The van der Waals surface area contributed by atoms with Crippen molar-refractivity contribution in [3.05, 3.63) is 29.8 Å². The molecule has 0 saturated carbocycles. The maximum absolute atomic E-state index is 9.10. The Hall–Kier alpha value is -1.06. The molecule has 1 heterocycles. The third-order valence-corrected chi connectivity index (χ3v) is 2.45. The summed E-state index contributed by atoms with van der Waals surface area (Å²) in [5.74, 6) is 0.567. The molecule has 13 heavy (non-hydrogen) atoms. The molecule has 1 aromatic rings. The van der Waals surface area contributed by atoms with Crippen molar-refractivity contribution in [1.29, 1.82) is 0 Å². The molecule has 1 saturated heterocycles. The highest BCUT2D eigenvalue weighted by Crippen LogP contribution is 2.25. The smallest absolute Gasteiger partial charge is 0.115 e. The zero-order chi connectivity index (χ0) is 9.26. The van der Waals surface area contributed by atoms with Crippen LogP contribution in [0, 0.1) is 0 Å². The SMILES string of the molecule is NC1COCC1c1ccc(O)cc1. The number of rotatable bonds is 1. The van der Waals surface area contributed by atoms with Crippen molar-refractivity contribution in [3.63, 3.8) is 0 Å². The van der Waals surface area contributed by atoms with E-state index in [4.69, 9.17) is 15.6 Å². The number of hydrogen-bond donors (Lipinski definition) is 2. The standard InChI is InChI=1S/C10H13NO2/c11-10-6-13-5-9(10)7-1-3-8(12)4-2-7/h1-4,9-10,12H,5-6,11H2. The van der Waals surface area contributed by atoms with Crippen LogP contribution in [-0.4, -0.2) is 24.4 Å². The van der Waals surface area contributed by atoms with E-state index in [1.54, 1.807) is 12.1 Å². The highest BCUT2D eigenvalue weighted by Gasteiger charge is 2.25. The fourth-order valence-electron chi connectivity index (χ4n) is 1.64. The molecule has 1 aliphatic rings. The maximum atomic E-state index is 9.10. The Kier molecular flexibility index (Phi) is 2.20. The molecule has 1 aliphatic heterocycles. The van der Waals surface area contributed by atoms with Crippen LogP contribution in [0.5, 0.6) is 5.75 Å². The number of ether oxygens (including phenoxy) is 1. The topological polar surface area (TPSA) is 55.5 Å². The molecule has 70 valence electrons. The molecule has 3 N–H and O–H groups in total. The summed E-state index contributed by atoms with van der Waals surface area (Å²) in [6.45, 7) is 1.32. The lowest BCUT2D eigenvalue weighted by Crippen LogP contribution is -2.26. The molecule has 3 heteroatoms. The Balaban J connectivity index is 2.20. The largest absolute Gasteiger partial charge is 0.508 e. The summed E-state index contributed by atoms with van der Waals surface area (Å²) in [6.07, 6.45) is 0. The van der Waals surface area contributed by atoms with E-state index in [0.29, 0.717) is 13.2 Å². The summed E-state index contributed by atoms with van der Waals surface area (Å²) in [5.41, 5.74) is 7.00. The van der Waals surface area contributed by atoms with Crippen LogP contribution in [0.1, 0.15) is 11.5 Å². The quantitative estimate of drug-likeness (QED) is 0.671. The van der Waals surface area contributed by atoms with Gasteiger partial charge in [-0.25, -0.2) is 0 Å². The fraction of sp³-hybridized carbons (Fsp3) is 0.400. The minimum absolute atomic E-state index is 0.0875. The zero-order valence-corrected chi connectivity index (χ0v) is 7.31. The molecule has 2 rings (SSSR count). The van der Waals surface area contributed by atoms with Crippen molar-refractivity contribution in [2.75, 3.05) is 13.2 Å². The average molecular weight is 179 g/mol. The minimum atomic E-state index is 0.0875. The van der Waals surface area contributed by atoms with E-state index < -0.39 is 0 Å². The third-order valence-electron chi connectivity index (χ3n) is 2.45. The van der Waals surface area contributed by atoms with E-state index in [2.05, 4.69) is 0 Å². The minimum Gasteiger partial charge on any atom is -0.508 e. The Morgan fingerprint density at radius 1 is 1.23 bits per heavy atom. The number of phenolic OH excluding ortho intramolecular Hbond substituents is 1. The first-order valence-corrected chi connectivity index (χ1v) is 4.39. The molecule has 0 amide bonds. The molecule has 0 bridgehead atoms. The molecular formula is C10H13NO2. The van der Waals surface area contributed by atoms with Crippen LogP contribution in [0.15, 0.2) is 24.3 Å². The molecule has 0 aromatic heterocycles. The summed E-state index contributed by atoms with van der Waals surface area (Å²) >= 11 is 0. The van der Waals surface area contributed by atoms with E-state index in [1.165, 1.54) is 0 Å². The Labute approximate surface area is 77.1 Å². The van der Waals surface area contributed by atoms with Crippen LogP contribution < -0.4 is 5.73 Å². The summed E-state index contributed by atoms with van der Waals surface area (Å²) in [5, 5.41) is 9.10. The Bertz CT molecular complexity index is 283. The van der Waals surface area contributed by atoms with Crippen molar-refractivity contribution >= 4 is 0 Å². The van der Waals surface area contributed by atoms with E-state index >= 15 is 0 Å².